The fraction of sp³-hybridized carbons (Fsp3) is 0.550. The molecule has 4 aliphatic rings. The molecule has 3 saturated heterocycles. The van der Waals surface area contributed by atoms with E-state index >= 15 is 0 Å². The minimum absolute atomic E-state index is 0.0709. The number of benzene rings is 1. The summed E-state index contributed by atoms with van der Waals surface area (Å²) in [5.74, 6) is -0.491. The molecule has 3 atom stereocenters. The molecule has 30 heavy (non-hydrogen) atoms. The van der Waals surface area contributed by atoms with Gasteiger partial charge >= 0.3 is 0 Å². The summed E-state index contributed by atoms with van der Waals surface area (Å²) in [6.45, 7) is 2.17. The predicted molar refractivity (Wildman–Crippen MR) is 107 cm³/mol. The first-order valence-electron chi connectivity index (χ1n) is 10.2. The molecule has 4 aliphatic heterocycles. The number of hydrogen-bond donors (Lipinski definition) is 3. The molecule has 3 N–H and O–H groups in total. The van der Waals surface area contributed by atoms with Crippen LogP contribution in [0.1, 0.15) is 34.3 Å². The zero-order valence-electron chi connectivity index (χ0n) is 16.4. The predicted octanol–water partition coefficient (Wildman–Crippen LogP) is -1.08. The quantitative estimate of drug-likeness (QED) is 0.517. The minimum atomic E-state index is -3.03. The van der Waals surface area contributed by atoms with E-state index in [1.807, 2.05) is 12.1 Å². The maximum atomic E-state index is 12.8. The largest absolute Gasteiger partial charge is 0.322 e. The van der Waals surface area contributed by atoms with Crippen molar-refractivity contribution in [3.63, 3.8) is 0 Å². The van der Waals surface area contributed by atoms with Crippen LogP contribution >= 0.6 is 0 Å². The maximum Gasteiger partial charge on any atom is 0.255 e. The summed E-state index contributed by atoms with van der Waals surface area (Å²) in [7, 11) is -3.03. The number of carbonyl (C=O) groups is 3. The molecule has 0 spiro atoms. The van der Waals surface area contributed by atoms with Crippen molar-refractivity contribution in [1.29, 1.82) is 0 Å². The second kappa shape index (κ2) is 6.86. The van der Waals surface area contributed by atoms with Gasteiger partial charge in [0.1, 0.15) is 6.04 Å². The van der Waals surface area contributed by atoms with E-state index in [1.54, 1.807) is 6.07 Å². The Hall–Kier alpha value is -2.30. The number of fused-ring (bicyclic) bond motifs is 2. The van der Waals surface area contributed by atoms with Crippen LogP contribution in [-0.2, 0) is 32.5 Å². The minimum Gasteiger partial charge on any atom is -0.322 e. The molecule has 4 heterocycles. The average Bonchev–Trinajstić information content (AvgIpc) is 3.28. The first-order chi connectivity index (χ1) is 14.3. The van der Waals surface area contributed by atoms with Gasteiger partial charge in [-0.05, 0) is 23.6 Å². The lowest BCUT2D eigenvalue weighted by Gasteiger charge is -2.29. The summed E-state index contributed by atoms with van der Waals surface area (Å²) < 4.78 is 24.2. The van der Waals surface area contributed by atoms with Crippen molar-refractivity contribution in [2.75, 3.05) is 24.6 Å². The van der Waals surface area contributed by atoms with E-state index in [-0.39, 0.29) is 35.7 Å². The lowest BCUT2D eigenvalue weighted by atomic mass is 9.90. The normalized spacial score (nSPS) is 32.3. The lowest BCUT2D eigenvalue weighted by Crippen LogP contribution is -2.52. The van der Waals surface area contributed by atoms with E-state index in [9.17, 15) is 22.8 Å². The Morgan fingerprint density at radius 1 is 1.23 bits per heavy atom. The van der Waals surface area contributed by atoms with Crippen molar-refractivity contribution >= 4 is 27.6 Å². The van der Waals surface area contributed by atoms with Gasteiger partial charge < -0.3 is 15.5 Å². The summed E-state index contributed by atoms with van der Waals surface area (Å²) in [6, 6.07) is 4.96. The van der Waals surface area contributed by atoms with Gasteiger partial charge in [-0.15, -0.1) is 0 Å². The molecule has 1 aromatic rings. The van der Waals surface area contributed by atoms with Crippen LogP contribution in [0.5, 0.6) is 0 Å². The van der Waals surface area contributed by atoms with E-state index in [4.69, 9.17) is 0 Å². The van der Waals surface area contributed by atoms with Crippen molar-refractivity contribution in [2.24, 2.45) is 5.92 Å². The Kier molecular flexibility index (Phi) is 4.49. The van der Waals surface area contributed by atoms with Gasteiger partial charge in [0.15, 0.2) is 9.84 Å². The molecule has 0 aromatic heterocycles. The highest BCUT2D eigenvalue weighted by Gasteiger charge is 2.52. The number of carbonyl (C=O) groups excluding carboxylic acids is 3. The molecule has 1 aromatic carbocycles. The van der Waals surface area contributed by atoms with E-state index < -0.39 is 27.3 Å². The third-order valence-corrected chi connectivity index (χ3v) is 8.64. The summed E-state index contributed by atoms with van der Waals surface area (Å²) in [5.41, 5.74) is 1.95. The van der Waals surface area contributed by atoms with Crippen molar-refractivity contribution in [3.8, 4) is 0 Å². The van der Waals surface area contributed by atoms with Gasteiger partial charge in [-0.25, -0.2) is 8.42 Å². The maximum absolute atomic E-state index is 12.8. The third kappa shape index (κ3) is 3.23. The molecule has 0 aliphatic carbocycles. The topological polar surface area (TPSA) is 125 Å². The summed E-state index contributed by atoms with van der Waals surface area (Å²) in [5, 5.41) is 9.08. The van der Waals surface area contributed by atoms with Gasteiger partial charge in [0.05, 0.1) is 11.5 Å². The average molecular weight is 433 g/mol. The van der Waals surface area contributed by atoms with Crippen LogP contribution < -0.4 is 16.0 Å². The van der Waals surface area contributed by atoms with Crippen LogP contribution in [0, 0.1) is 5.92 Å². The molecular formula is C20H24N4O5S. The Labute approximate surface area is 174 Å². The van der Waals surface area contributed by atoms with Crippen LogP contribution in [0.4, 0.5) is 0 Å². The van der Waals surface area contributed by atoms with Crippen LogP contribution in [0.25, 0.3) is 0 Å². The van der Waals surface area contributed by atoms with E-state index in [0.29, 0.717) is 38.2 Å². The lowest BCUT2D eigenvalue weighted by molar-refractivity contribution is -0.136. The van der Waals surface area contributed by atoms with Gasteiger partial charge in [-0.2, -0.15) is 0 Å². The van der Waals surface area contributed by atoms with E-state index in [0.717, 1.165) is 11.1 Å². The molecular weight excluding hydrogens is 408 g/mol. The molecule has 0 bridgehead atoms. The first-order valence-corrected chi connectivity index (χ1v) is 12.0. The standard InChI is InChI=1S/C20H24N4O5S/c25-17-4-3-16(18(26)23-17)24-8-13-5-12(1-2-15(13)19(24)27)6-22-20-10-21-7-14(20)9-30(28,29)11-20/h1-2,5,14,16,21-22H,3-4,6-11H2,(H,23,25,26)/t14-,16?,20-/m0/s1. The second-order valence-corrected chi connectivity index (χ2v) is 10.9. The van der Waals surface area contributed by atoms with Crippen molar-refractivity contribution in [3.05, 3.63) is 34.9 Å². The van der Waals surface area contributed by atoms with E-state index in [1.165, 1.54) is 4.90 Å². The number of rotatable bonds is 4. The molecule has 5 rings (SSSR count). The molecule has 0 radical (unpaired) electrons. The first kappa shape index (κ1) is 19.7. The molecule has 3 fully saturated rings. The van der Waals surface area contributed by atoms with Gasteiger partial charge in [-0.3, -0.25) is 19.7 Å². The van der Waals surface area contributed by atoms with Crippen LogP contribution in [0.2, 0.25) is 0 Å². The molecule has 10 heteroatoms. The van der Waals surface area contributed by atoms with Gasteiger partial charge in [-0.1, -0.05) is 12.1 Å². The Morgan fingerprint density at radius 2 is 2.07 bits per heavy atom. The Balaban J connectivity index is 1.30. The SMILES string of the molecule is O=C1CCC(N2Cc3cc(CN[C@]45CNC[C@H]4CS(=O)(=O)C5)ccc3C2=O)C(=O)N1. The Bertz CT molecular complexity index is 1060. The summed E-state index contributed by atoms with van der Waals surface area (Å²) >= 11 is 0. The Morgan fingerprint density at radius 3 is 2.87 bits per heavy atom. The fourth-order valence-electron chi connectivity index (χ4n) is 5.23. The molecule has 0 saturated carbocycles. The summed E-state index contributed by atoms with van der Waals surface area (Å²) in [4.78, 5) is 37.9. The number of amides is 3. The fourth-order valence-corrected chi connectivity index (χ4v) is 7.62. The zero-order valence-corrected chi connectivity index (χ0v) is 17.3. The van der Waals surface area contributed by atoms with Gasteiger partial charge in [0, 0.05) is 49.6 Å². The highest BCUT2D eigenvalue weighted by atomic mass is 32.2. The molecule has 3 amide bonds. The monoisotopic (exact) mass is 432 g/mol. The number of hydrogen-bond acceptors (Lipinski definition) is 7. The molecule has 1 unspecified atom stereocenters. The van der Waals surface area contributed by atoms with Gasteiger partial charge in [0.2, 0.25) is 11.8 Å². The third-order valence-electron chi connectivity index (χ3n) is 6.78. The smallest absolute Gasteiger partial charge is 0.255 e. The van der Waals surface area contributed by atoms with Crippen LogP contribution in [-0.4, -0.2) is 67.2 Å². The second-order valence-electron chi connectivity index (χ2n) is 8.78. The number of imide groups is 1. The van der Waals surface area contributed by atoms with Crippen molar-refractivity contribution < 1.29 is 22.8 Å². The van der Waals surface area contributed by atoms with Crippen molar-refractivity contribution in [1.82, 2.24) is 20.9 Å². The van der Waals surface area contributed by atoms with Crippen LogP contribution in [0.15, 0.2) is 18.2 Å². The summed E-state index contributed by atoms with van der Waals surface area (Å²) in [6.07, 6.45) is 0.566. The number of nitrogens with one attached hydrogen (secondary N) is 3. The number of nitrogens with zero attached hydrogens (tertiary/aromatic N) is 1. The van der Waals surface area contributed by atoms with Crippen molar-refractivity contribution in [2.45, 2.75) is 37.5 Å². The zero-order chi connectivity index (χ0) is 21.1. The highest BCUT2D eigenvalue weighted by molar-refractivity contribution is 7.91. The number of piperidine rings is 1. The number of sulfone groups is 1. The van der Waals surface area contributed by atoms with Crippen LogP contribution in [0.3, 0.4) is 0 Å². The molecule has 160 valence electrons. The van der Waals surface area contributed by atoms with E-state index in [2.05, 4.69) is 16.0 Å². The highest BCUT2D eigenvalue weighted by Crippen LogP contribution is 2.33. The van der Waals surface area contributed by atoms with Gasteiger partial charge in [0.25, 0.3) is 5.91 Å². The molecule has 9 nitrogen and oxygen atoms in total.